The van der Waals surface area contributed by atoms with Crippen LogP contribution in [0.1, 0.15) is 26.2 Å². The molecule has 0 amide bonds. The van der Waals surface area contributed by atoms with Crippen molar-refractivity contribution in [3.63, 3.8) is 0 Å². The quantitative estimate of drug-likeness (QED) is 0.480. The van der Waals surface area contributed by atoms with E-state index in [2.05, 4.69) is 30.5 Å². The average molecular weight is 286 g/mol. The minimum Gasteiger partial charge on any atom is -0.321 e. The van der Waals surface area contributed by atoms with Crippen LogP contribution in [0, 0.1) is 12.0 Å². The summed E-state index contributed by atoms with van der Waals surface area (Å²) < 4.78 is 3.96. The van der Waals surface area contributed by atoms with Crippen LogP contribution in [-0.4, -0.2) is 18.7 Å². The van der Waals surface area contributed by atoms with Crippen LogP contribution < -0.4 is 11.2 Å². The number of fused-ring (bicyclic) bond motifs is 1. The highest BCUT2D eigenvalue weighted by Crippen LogP contribution is 2.05. The lowest BCUT2D eigenvalue weighted by atomic mass is 10.3. The molecule has 0 bridgehead atoms. The molecular weight excluding hydrogens is 268 g/mol. The van der Waals surface area contributed by atoms with Crippen molar-refractivity contribution < 1.29 is 0 Å². The maximum atomic E-state index is 12.5. The fourth-order valence-electron chi connectivity index (χ4n) is 2.05. The van der Waals surface area contributed by atoms with Gasteiger partial charge in [0.15, 0.2) is 11.2 Å². The van der Waals surface area contributed by atoms with Gasteiger partial charge in [0.1, 0.15) is 0 Å². The van der Waals surface area contributed by atoms with Gasteiger partial charge in [-0.2, -0.15) is 4.57 Å². The fourth-order valence-corrected chi connectivity index (χ4v) is 2.05. The van der Waals surface area contributed by atoms with Crippen molar-refractivity contribution in [1.82, 2.24) is 18.7 Å². The van der Waals surface area contributed by atoms with E-state index in [9.17, 15) is 9.59 Å². The van der Waals surface area contributed by atoms with Crippen molar-refractivity contribution in [3.05, 3.63) is 39.8 Å². The van der Waals surface area contributed by atoms with Crippen LogP contribution in [0.25, 0.3) is 11.2 Å². The lowest BCUT2D eigenvalue weighted by Crippen LogP contribution is -2.37. The monoisotopic (exact) mass is 286 g/mol. The Labute approximate surface area is 122 Å². The van der Waals surface area contributed by atoms with Crippen LogP contribution in [0.3, 0.4) is 0 Å². The first-order valence-corrected chi connectivity index (χ1v) is 6.88. The molecule has 0 unspecified atom stereocenters. The Bertz CT molecular complexity index is 843. The van der Waals surface area contributed by atoms with E-state index in [0.29, 0.717) is 24.1 Å². The van der Waals surface area contributed by atoms with E-state index in [4.69, 9.17) is 0 Å². The number of nitrogens with zero attached hydrogens (tertiary/aromatic N) is 4. The zero-order valence-electron chi connectivity index (χ0n) is 12.3. The maximum absolute atomic E-state index is 12.5. The van der Waals surface area contributed by atoms with Gasteiger partial charge in [0.25, 0.3) is 5.56 Å². The Kier molecular flexibility index (Phi) is 4.43. The molecule has 0 aliphatic rings. The molecule has 6 heteroatoms. The van der Waals surface area contributed by atoms with Crippen molar-refractivity contribution in [2.24, 2.45) is 7.05 Å². The number of rotatable bonds is 4. The molecule has 2 heterocycles. The fraction of sp³-hybridized carbons (Fsp3) is 0.400. The molecule has 0 aliphatic carbocycles. The molecule has 110 valence electrons. The summed E-state index contributed by atoms with van der Waals surface area (Å²) in [6.07, 6.45) is 5.83. The Morgan fingerprint density at radius 2 is 2.19 bits per heavy atom. The Balaban J connectivity index is 2.67. The van der Waals surface area contributed by atoms with Crippen LogP contribution in [0.4, 0.5) is 0 Å². The third-order valence-corrected chi connectivity index (χ3v) is 3.19. The van der Waals surface area contributed by atoms with E-state index in [-0.39, 0.29) is 0 Å². The van der Waals surface area contributed by atoms with E-state index in [1.54, 1.807) is 17.7 Å². The lowest BCUT2D eigenvalue weighted by molar-refractivity contribution is 0.769. The number of allylic oxidation sites excluding steroid dienone is 1. The van der Waals surface area contributed by atoms with Gasteiger partial charge < -0.3 is 4.57 Å². The van der Waals surface area contributed by atoms with Crippen molar-refractivity contribution in [2.75, 3.05) is 0 Å². The van der Waals surface area contributed by atoms with E-state index in [0.717, 1.165) is 17.4 Å². The van der Waals surface area contributed by atoms with E-state index in [1.807, 2.05) is 0 Å². The highest BCUT2D eigenvalue weighted by molar-refractivity contribution is 5.70. The molecule has 2 aromatic rings. The summed E-state index contributed by atoms with van der Waals surface area (Å²) in [4.78, 5) is 28.8. The molecule has 0 atom stereocenters. The molecule has 0 spiro atoms. The third-order valence-electron chi connectivity index (χ3n) is 3.19. The van der Waals surface area contributed by atoms with Crippen molar-refractivity contribution in [2.45, 2.75) is 32.7 Å². The van der Waals surface area contributed by atoms with Crippen LogP contribution in [0.15, 0.2) is 28.6 Å². The maximum Gasteiger partial charge on any atom is 0.344 e. The van der Waals surface area contributed by atoms with Gasteiger partial charge in [-0.15, -0.1) is 6.58 Å². The zero-order valence-corrected chi connectivity index (χ0v) is 12.3. The number of hydrogen-bond acceptors (Lipinski definition) is 3. The molecule has 6 nitrogen and oxygen atoms in total. The van der Waals surface area contributed by atoms with Crippen LogP contribution in [0.2, 0.25) is 0 Å². The normalized spacial score (nSPS) is 10.4. The van der Waals surface area contributed by atoms with Crippen molar-refractivity contribution in [1.29, 1.82) is 0 Å². The first kappa shape index (κ1) is 14.9. The number of imidazole rings is 1. The molecule has 21 heavy (non-hydrogen) atoms. The molecule has 2 rings (SSSR count). The minimum atomic E-state index is -0.472. The first-order valence-electron chi connectivity index (χ1n) is 6.88. The minimum absolute atomic E-state index is 0.360. The van der Waals surface area contributed by atoms with E-state index in [1.165, 1.54) is 10.9 Å². The predicted octanol–water partition coefficient (Wildman–Crippen LogP) is 1.08. The summed E-state index contributed by atoms with van der Waals surface area (Å²) in [6.45, 7) is 6.16. The summed E-state index contributed by atoms with van der Waals surface area (Å²) in [7, 11) is 1.58. The Morgan fingerprint density at radius 1 is 1.43 bits per heavy atom. The molecule has 0 N–H and O–H groups in total. The second-order valence-corrected chi connectivity index (χ2v) is 4.73. The summed E-state index contributed by atoms with van der Waals surface area (Å²) in [5, 5.41) is 0. The number of unbranched alkanes of at least 4 members (excludes halogenated alkanes) is 2. The second kappa shape index (κ2) is 6.27. The number of aromatic nitrogens is 4. The molecule has 2 aromatic heterocycles. The van der Waals surface area contributed by atoms with Gasteiger partial charge in [0, 0.05) is 26.1 Å². The molecule has 0 saturated carbocycles. The molecule has 0 aliphatic heterocycles. The van der Waals surface area contributed by atoms with Gasteiger partial charge in [0.2, 0.25) is 0 Å². The second-order valence-electron chi connectivity index (χ2n) is 4.73. The zero-order chi connectivity index (χ0) is 15.4. The lowest BCUT2D eigenvalue weighted by Gasteiger charge is -2.04. The first-order chi connectivity index (χ1) is 10.1. The number of hydrogen-bond donors (Lipinski definition) is 0. The molecule has 0 fully saturated rings. The van der Waals surface area contributed by atoms with Crippen LogP contribution in [0.5, 0.6) is 0 Å². The molecule has 0 aromatic carbocycles. The third kappa shape index (κ3) is 2.68. The molecule has 0 radical (unpaired) electrons. The topological polar surface area (TPSA) is 61.8 Å². The van der Waals surface area contributed by atoms with Crippen LogP contribution in [-0.2, 0) is 13.6 Å². The van der Waals surface area contributed by atoms with Gasteiger partial charge in [-0.3, -0.25) is 9.36 Å². The summed E-state index contributed by atoms with van der Waals surface area (Å²) >= 11 is 0. The summed E-state index contributed by atoms with van der Waals surface area (Å²) in [6, 6.07) is 2.66. The highest BCUT2D eigenvalue weighted by atomic mass is 16.2. The van der Waals surface area contributed by atoms with E-state index < -0.39 is 11.2 Å². The van der Waals surface area contributed by atoms with Gasteiger partial charge in [0.05, 0.1) is 6.33 Å². The van der Waals surface area contributed by atoms with Gasteiger partial charge in [-0.1, -0.05) is 25.3 Å². The molecular formula is C15H18N4O2. The van der Waals surface area contributed by atoms with Crippen molar-refractivity contribution in [3.8, 4) is 12.0 Å². The van der Waals surface area contributed by atoms with Crippen LogP contribution >= 0.6 is 0 Å². The van der Waals surface area contributed by atoms with Gasteiger partial charge >= 0.3 is 5.69 Å². The highest BCUT2D eigenvalue weighted by Gasteiger charge is 2.14. The van der Waals surface area contributed by atoms with Gasteiger partial charge in [-0.05, 0) is 6.42 Å². The van der Waals surface area contributed by atoms with E-state index >= 15 is 0 Å². The number of aryl methyl sites for hydroxylation is 1. The standard InChI is InChI=1S/C15H18N4O2/c1-4-6-7-8-10-19-14(20)12-13(17(3)15(19)21)16-11-18(12)9-5-2/h5,11H,2,4,6-7,9H2,1,3H3. The SMILES string of the molecule is C=CCn1cnc2c1c(=O)n(C#CCCCC)c(=O)n2C. The van der Waals surface area contributed by atoms with Gasteiger partial charge in [-0.25, -0.2) is 9.78 Å². The summed E-state index contributed by atoms with van der Waals surface area (Å²) in [5.74, 6) is 2.87. The molecule has 0 saturated heterocycles. The predicted molar refractivity (Wildman–Crippen MR) is 82.1 cm³/mol. The smallest absolute Gasteiger partial charge is 0.321 e. The van der Waals surface area contributed by atoms with Crippen molar-refractivity contribution >= 4 is 11.2 Å². The largest absolute Gasteiger partial charge is 0.344 e. The summed E-state index contributed by atoms with van der Waals surface area (Å²) in [5.41, 5.74) is -0.183. The Hall–Kier alpha value is -2.55. The Morgan fingerprint density at radius 3 is 2.86 bits per heavy atom. The average Bonchev–Trinajstić information content (AvgIpc) is 2.89.